The second kappa shape index (κ2) is 8.55. The van der Waals surface area contributed by atoms with Crippen molar-refractivity contribution in [2.45, 2.75) is 45.2 Å². The molecule has 1 fully saturated rings. The molecule has 0 atom stereocenters. The van der Waals surface area contributed by atoms with Crippen molar-refractivity contribution in [2.75, 3.05) is 21.3 Å². The number of benzene rings is 2. The standard InChI is InChI=1S/C23H29NO4/c1-15(2)17-8-6-16(7-9-17)14-24(19-10-11-19)23(25)18-12-20(26-3)22(28-5)21(13-18)27-4/h6-9,12-13,15,19H,10-11,14H2,1-5H3. The molecular weight excluding hydrogens is 354 g/mol. The van der Waals surface area contributed by atoms with Crippen molar-refractivity contribution in [3.8, 4) is 17.2 Å². The Kier molecular flexibility index (Phi) is 6.12. The van der Waals surface area contributed by atoms with Gasteiger partial charge < -0.3 is 19.1 Å². The van der Waals surface area contributed by atoms with Gasteiger partial charge >= 0.3 is 0 Å². The van der Waals surface area contributed by atoms with Crippen molar-refractivity contribution in [1.29, 1.82) is 0 Å². The van der Waals surface area contributed by atoms with Crippen molar-refractivity contribution in [2.24, 2.45) is 0 Å². The second-order valence-corrected chi connectivity index (χ2v) is 7.47. The van der Waals surface area contributed by atoms with E-state index in [4.69, 9.17) is 14.2 Å². The van der Waals surface area contributed by atoms with Crippen LogP contribution in [0.4, 0.5) is 0 Å². The van der Waals surface area contributed by atoms with Crippen molar-refractivity contribution in [3.05, 3.63) is 53.1 Å². The molecule has 2 aromatic carbocycles. The highest BCUT2D eigenvalue weighted by Gasteiger charge is 2.34. The summed E-state index contributed by atoms with van der Waals surface area (Å²) >= 11 is 0. The van der Waals surface area contributed by atoms with Gasteiger partial charge in [-0.15, -0.1) is 0 Å². The maximum absolute atomic E-state index is 13.3. The topological polar surface area (TPSA) is 48.0 Å². The van der Waals surface area contributed by atoms with Crippen LogP contribution in [-0.2, 0) is 6.54 Å². The van der Waals surface area contributed by atoms with Gasteiger partial charge in [-0.3, -0.25) is 4.79 Å². The minimum absolute atomic E-state index is 0.0188. The first-order valence-corrected chi connectivity index (χ1v) is 9.68. The lowest BCUT2D eigenvalue weighted by atomic mass is 10.0. The lowest BCUT2D eigenvalue weighted by molar-refractivity contribution is 0.0729. The predicted molar refractivity (Wildman–Crippen MR) is 110 cm³/mol. The Hall–Kier alpha value is -2.69. The van der Waals surface area contributed by atoms with Crippen LogP contribution < -0.4 is 14.2 Å². The molecule has 5 heteroatoms. The van der Waals surface area contributed by atoms with Gasteiger partial charge in [-0.25, -0.2) is 0 Å². The maximum Gasteiger partial charge on any atom is 0.254 e. The molecule has 0 unspecified atom stereocenters. The van der Waals surface area contributed by atoms with Gasteiger partial charge in [0.1, 0.15) is 0 Å². The number of methoxy groups -OCH3 is 3. The Morgan fingerprint density at radius 2 is 1.57 bits per heavy atom. The highest BCUT2D eigenvalue weighted by Crippen LogP contribution is 2.39. The molecule has 3 rings (SSSR count). The molecule has 1 aliphatic rings. The minimum Gasteiger partial charge on any atom is -0.493 e. The van der Waals surface area contributed by atoms with Crippen molar-refractivity contribution < 1.29 is 19.0 Å². The molecule has 5 nitrogen and oxygen atoms in total. The summed E-state index contributed by atoms with van der Waals surface area (Å²) in [7, 11) is 4.67. The fourth-order valence-electron chi connectivity index (χ4n) is 3.33. The third kappa shape index (κ3) is 4.24. The minimum atomic E-state index is -0.0188. The normalized spacial score (nSPS) is 13.4. The monoisotopic (exact) mass is 383 g/mol. The van der Waals surface area contributed by atoms with E-state index in [-0.39, 0.29) is 11.9 Å². The van der Waals surface area contributed by atoms with Crippen LogP contribution >= 0.6 is 0 Å². The average Bonchev–Trinajstić information content (AvgIpc) is 3.55. The predicted octanol–water partition coefficient (Wildman–Crippen LogP) is 4.64. The number of nitrogens with zero attached hydrogens (tertiary/aromatic N) is 1. The number of amides is 1. The van der Waals surface area contributed by atoms with E-state index in [2.05, 4.69) is 38.1 Å². The highest BCUT2D eigenvalue weighted by atomic mass is 16.5. The van der Waals surface area contributed by atoms with Crippen LogP contribution in [-0.4, -0.2) is 38.2 Å². The molecule has 0 saturated heterocycles. The van der Waals surface area contributed by atoms with Crippen LogP contribution in [0.15, 0.2) is 36.4 Å². The molecule has 0 aromatic heterocycles. The van der Waals surface area contributed by atoms with Gasteiger partial charge in [0.2, 0.25) is 5.75 Å². The molecule has 0 bridgehead atoms. The van der Waals surface area contributed by atoms with Crippen LogP contribution in [0.1, 0.15) is 54.1 Å². The van der Waals surface area contributed by atoms with Gasteiger partial charge in [0.05, 0.1) is 21.3 Å². The summed E-state index contributed by atoms with van der Waals surface area (Å²) in [6.45, 7) is 4.96. The summed E-state index contributed by atoms with van der Waals surface area (Å²) in [6.07, 6.45) is 2.08. The number of hydrogen-bond donors (Lipinski definition) is 0. The van der Waals surface area contributed by atoms with Crippen LogP contribution in [0.5, 0.6) is 17.2 Å². The number of ether oxygens (including phenoxy) is 3. The Bertz CT molecular complexity index is 800. The van der Waals surface area contributed by atoms with E-state index in [9.17, 15) is 4.79 Å². The van der Waals surface area contributed by atoms with E-state index in [0.717, 1.165) is 18.4 Å². The molecule has 0 aliphatic heterocycles. The first-order chi connectivity index (χ1) is 13.5. The summed E-state index contributed by atoms with van der Waals surface area (Å²) in [5.41, 5.74) is 2.98. The highest BCUT2D eigenvalue weighted by molar-refractivity contribution is 5.96. The fraction of sp³-hybridized carbons (Fsp3) is 0.435. The van der Waals surface area contributed by atoms with Crippen molar-refractivity contribution in [3.63, 3.8) is 0 Å². The molecular formula is C23H29NO4. The van der Waals surface area contributed by atoms with Crippen molar-refractivity contribution >= 4 is 5.91 Å². The fourth-order valence-corrected chi connectivity index (χ4v) is 3.33. The molecule has 0 spiro atoms. The molecule has 1 aliphatic carbocycles. The summed E-state index contributed by atoms with van der Waals surface area (Å²) in [6, 6.07) is 12.3. The molecule has 1 saturated carbocycles. The van der Waals surface area contributed by atoms with Crippen LogP contribution in [0.3, 0.4) is 0 Å². The molecule has 1 amide bonds. The Morgan fingerprint density at radius 3 is 2.00 bits per heavy atom. The number of hydrogen-bond acceptors (Lipinski definition) is 4. The van der Waals surface area contributed by atoms with Crippen LogP contribution in [0.2, 0.25) is 0 Å². The summed E-state index contributed by atoms with van der Waals surface area (Å²) in [4.78, 5) is 15.3. The Balaban J connectivity index is 1.87. The quantitative estimate of drug-likeness (QED) is 0.666. The van der Waals surface area contributed by atoms with Gasteiger partial charge in [-0.2, -0.15) is 0 Å². The summed E-state index contributed by atoms with van der Waals surface area (Å²) in [5, 5.41) is 0. The van der Waals surface area contributed by atoms with E-state index in [1.165, 1.54) is 5.56 Å². The molecule has 0 radical (unpaired) electrons. The van der Waals surface area contributed by atoms with E-state index in [1.807, 2.05) is 4.90 Å². The zero-order valence-electron chi connectivity index (χ0n) is 17.3. The molecule has 150 valence electrons. The van der Waals surface area contributed by atoms with Crippen molar-refractivity contribution in [1.82, 2.24) is 4.90 Å². The largest absolute Gasteiger partial charge is 0.493 e. The van der Waals surface area contributed by atoms with Gasteiger partial charge in [0.25, 0.3) is 5.91 Å². The number of rotatable bonds is 8. The van der Waals surface area contributed by atoms with Gasteiger partial charge in [0.15, 0.2) is 11.5 Å². The summed E-state index contributed by atoms with van der Waals surface area (Å²) < 4.78 is 16.2. The van der Waals surface area contributed by atoms with E-state index < -0.39 is 0 Å². The zero-order valence-corrected chi connectivity index (χ0v) is 17.3. The molecule has 0 N–H and O–H groups in total. The molecule has 0 heterocycles. The van der Waals surface area contributed by atoms with Gasteiger partial charge in [-0.05, 0) is 42.0 Å². The zero-order chi connectivity index (χ0) is 20.3. The maximum atomic E-state index is 13.3. The van der Waals surface area contributed by atoms with Gasteiger partial charge in [0, 0.05) is 18.2 Å². The lowest BCUT2D eigenvalue weighted by Crippen LogP contribution is -2.32. The third-order valence-electron chi connectivity index (χ3n) is 5.16. The second-order valence-electron chi connectivity index (χ2n) is 7.47. The average molecular weight is 383 g/mol. The number of carbonyl (C=O) groups is 1. The van der Waals surface area contributed by atoms with Crippen LogP contribution in [0.25, 0.3) is 0 Å². The van der Waals surface area contributed by atoms with E-state index >= 15 is 0 Å². The molecule has 2 aromatic rings. The molecule has 28 heavy (non-hydrogen) atoms. The van der Waals surface area contributed by atoms with E-state index in [1.54, 1.807) is 33.5 Å². The SMILES string of the molecule is COc1cc(C(=O)N(Cc2ccc(C(C)C)cc2)C2CC2)cc(OC)c1OC. The first kappa shape index (κ1) is 20.1. The first-order valence-electron chi connectivity index (χ1n) is 9.68. The Labute approximate surface area is 167 Å². The summed E-state index contributed by atoms with van der Waals surface area (Å²) in [5.74, 6) is 1.94. The Morgan fingerprint density at radius 1 is 1.00 bits per heavy atom. The van der Waals surface area contributed by atoms with E-state index in [0.29, 0.717) is 35.3 Å². The smallest absolute Gasteiger partial charge is 0.254 e. The van der Waals surface area contributed by atoms with Gasteiger partial charge in [-0.1, -0.05) is 38.1 Å². The number of carbonyl (C=O) groups excluding carboxylic acids is 1. The third-order valence-corrected chi connectivity index (χ3v) is 5.16. The lowest BCUT2D eigenvalue weighted by Gasteiger charge is -2.24. The van der Waals surface area contributed by atoms with Crippen LogP contribution in [0, 0.1) is 0 Å².